The van der Waals surface area contributed by atoms with Gasteiger partial charge in [0.15, 0.2) is 0 Å². The fourth-order valence-electron chi connectivity index (χ4n) is 1.38. The van der Waals surface area contributed by atoms with Gasteiger partial charge < -0.3 is 15.2 Å². The minimum Gasteiger partial charge on any atom is -0.474 e. The summed E-state index contributed by atoms with van der Waals surface area (Å²) < 4.78 is 10.8. The predicted octanol–water partition coefficient (Wildman–Crippen LogP) is 0.617. The summed E-state index contributed by atoms with van der Waals surface area (Å²) in [5.41, 5.74) is 5.51. The lowest BCUT2D eigenvalue weighted by atomic mass is 10.2. The second-order valence-corrected chi connectivity index (χ2v) is 3.21. The molecule has 1 saturated heterocycles. The van der Waals surface area contributed by atoms with Crippen LogP contribution in [-0.2, 0) is 4.74 Å². The zero-order valence-electron chi connectivity index (χ0n) is 7.85. The molecule has 1 aromatic rings. The minimum atomic E-state index is 0.193. The lowest BCUT2D eigenvalue weighted by Gasteiger charge is -2.22. The van der Waals surface area contributed by atoms with E-state index >= 15 is 0 Å². The molecule has 1 aromatic heterocycles. The first-order chi connectivity index (χ1) is 6.84. The van der Waals surface area contributed by atoms with E-state index in [2.05, 4.69) is 9.97 Å². The van der Waals surface area contributed by atoms with Crippen LogP contribution >= 0.6 is 0 Å². The smallest absolute Gasteiger partial charge is 0.218 e. The van der Waals surface area contributed by atoms with Gasteiger partial charge in [0, 0.05) is 18.9 Å². The molecule has 0 amide bonds. The Morgan fingerprint density at radius 2 is 2.14 bits per heavy atom. The highest BCUT2D eigenvalue weighted by Gasteiger charge is 2.15. The van der Waals surface area contributed by atoms with E-state index in [0.717, 1.165) is 26.1 Å². The van der Waals surface area contributed by atoms with Gasteiger partial charge in [-0.15, -0.1) is 0 Å². The van der Waals surface area contributed by atoms with Crippen LogP contribution < -0.4 is 10.5 Å². The predicted molar refractivity (Wildman–Crippen MR) is 50.9 cm³/mol. The van der Waals surface area contributed by atoms with Crippen molar-refractivity contribution in [2.45, 2.75) is 18.9 Å². The van der Waals surface area contributed by atoms with Crippen molar-refractivity contribution < 1.29 is 9.47 Å². The Morgan fingerprint density at radius 3 is 2.86 bits per heavy atom. The molecule has 2 heterocycles. The Bertz CT molecular complexity index is 300. The summed E-state index contributed by atoms with van der Waals surface area (Å²) >= 11 is 0. The van der Waals surface area contributed by atoms with Gasteiger partial charge in [-0.3, -0.25) is 0 Å². The summed E-state index contributed by atoms with van der Waals surface area (Å²) in [7, 11) is 0. The Morgan fingerprint density at radius 1 is 1.36 bits per heavy atom. The molecule has 1 aliphatic rings. The van der Waals surface area contributed by atoms with Gasteiger partial charge in [-0.2, -0.15) is 0 Å². The third-order valence-corrected chi connectivity index (χ3v) is 2.12. The molecule has 0 unspecified atom stereocenters. The van der Waals surface area contributed by atoms with E-state index in [0.29, 0.717) is 11.7 Å². The first-order valence-electron chi connectivity index (χ1n) is 4.66. The fraction of sp³-hybridized carbons (Fsp3) is 0.556. The number of ether oxygens (including phenoxy) is 2. The number of aromatic nitrogens is 2. The summed E-state index contributed by atoms with van der Waals surface area (Å²) in [5.74, 6) is 0.978. The highest BCUT2D eigenvalue weighted by molar-refractivity contribution is 5.30. The van der Waals surface area contributed by atoms with Crippen LogP contribution in [0.5, 0.6) is 5.88 Å². The zero-order valence-corrected chi connectivity index (χ0v) is 7.85. The van der Waals surface area contributed by atoms with Crippen molar-refractivity contribution in [3.63, 3.8) is 0 Å². The van der Waals surface area contributed by atoms with Crippen molar-refractivity contribution in [2.75, 3.05) is 18.9 Å². The summed E-state index contributed by atoms with van der Waals surface area (Å²) in [6.45, 7) is 1.51. The van der Waals surface area contributed by atoms with E-state index in [1.807, 2.05) is 0 Å². The molecule has 0 saturated carbocycles. The van der Waals surface area contributed by atoms with E-state index in [1.54, 1.807) is 6.07 Å². The van der Waals surface area contributed by atoms with Crippen LogP contribution in [0.25, 0.3) is 0 Å². The quantitative estimate of drug-likeness (QED) is 0.749. The Balaban J connectivity index is 1.95. The number of nitrogen functional groups attached to an aromatic ring is 1. The highest BCUT2D eigenvalue weighted by atomic mass is 16.5. The fourth-order valence-corrected chi connectivity index (χ4v) is 1.38. The molecule has 0 radical (unpaired) electrons. The largest absolute Gasteiger partial charge is 0.474 e. The molecule has 0 aliphatic carbocycles. The SMILES string of the molecule is Nc1cc(OC2CCOCC2)ncn1. The van der Waals surface area contributed by atoms with Crippen LogP contribution in [0, 0.1) is 0 Å². The Labute approximate surface area is 82.3 Å². The maximum absolute atomic E-state index is 5.62. The van der Waals surface area contributed by atoms with Crippen LogP contribution in [0.15, 0.2) is 12.4 Å². The Hall–Kier alpha value is -1.36. The molecular formula is C9H13N3O2. The van der Waals surface area contributed by atoms with E-state index in [4.69, 9.17) is 15.2 Å². The van der Waals surface area contributed by atoms with Gasteiger partial charge in [-0.25, -0.2) is 9.97 Å². The standard InChI is InChI=1S/C9H13N3O2/c10-8-5-9(12-6-11-8)14-7-1-3-13-4-2-7/h5-7H,1-4H2,(H2,10,11,12). The lowest BCUT2D eigenvalue weighted by molar-refractivity contribution is 0.0237. The summed E-state index contributed by atoms with van der Waals surface area (Å²) in [6, 6.07) is 1.63. The van der Waals surface area contributed by atoms with Crippen LogP contribution in [0.4, 0.5) is 5.82 Å². The minimum absolute atomic E-state index is 0.193. The summed E-state index contributed by atoms with van der Waals surface area (Å²) in [6.07, 6.45) is 3.41. The first-order valence-corrected chi connectivity index (χ1v) is 4.66. The molecule has 0 spiro atoms. The molecule has 2 N–H and O–H groups in total. The van der Waals surface area contributed by atoms with Gasteiger partial charge >= 0.3 is 0 Å². The molecule has 14 heavy (non-hydrogen) atoms. The maximum Gasteiger partial charge on any atom is 0.218 e. The molecule has 5 heteroatoms. The normalized spacial score (nSPS) is 18.0. The van der Waals surface area contributed by atoms with Gasteiger partial charge in [0.05, 0.1) is 13.2 Å². The second kappa shape index (κ2) is 4.23. The first kappa shape index (κ1) is 9.21. The number of rotatable bonds is 2. The maximum atomic E-state index is 5.62. The third-order valence-electron chi connectivity index (χ3n) is 2.12. The summed E-state index contributed by atoms with van der Waals surface area (Å²) in [4.78, 5) is 7.77. The van der Waals surface area contributed by atoms with Gasteiger partial charge in [0.1, 0.15) is 18.2 Å². The topological polar surface area (TPSA) is 70.3 Å². The number of hydrogen-bond acceptors (Lipinski definition) is 5. The second-order valence-electron chi connectivity index (χ2n) is 3.21. The zero-order chi connectivity index (χ0) is 9.80. The molecule has 0 aromatic carbocycles. The average molecular weight is 195 g/mol. The molecule has 5 nitrogen and oxygen atoms in total. The van der Waals surface area contributed by atoms with E-state index in [9.17, 15) is 0 Å². The molecule has 2 rings (SSSR count). The molecule has 1 aliphatic heterocycles. The molecule has 1 fully saturated rings. The molecule has 76 valence electrons. The highest BCUT2D eigenvalue weighted by Crippen LogP contribution is 2.15. The van der Waals surface area contributed by atoms with Crippen LogP contribution in [0.3, 0.4) is 0 Å². The van der Waals surface area contributed by atoms with Gasteiger partial charge in [-0.05, 0) is 0 Å². The molecule has 0 atom stereocenters. The molecule has 0 bridgehead atoms. The van der Waals surface area contributed by atoms with E-state index in [1.165, 1.54) is 6.33 Å². The van der Waals surface area contributed by atoms with Gasteiger partial charge in [0.2, 0.25) is 5.88 Å². The van der Waals surface area contributed by atoms with Gasteiger partial charge in [-0.1, -0.05) is 0 Å². The van der Waals surface area contributed by atoms with Crippen LogP contribution in [0.1, 0.15) is 12.8 Å². The average Bonchev–Trinajstić information content (AvgIpc) is 2.19. The molecular weight excluding hydrogens is 182 g/mol. The van der Waals surface area contributed by atoms with Gasteiger partial charge in [0.25, 0.3) is 0 Å². The Kier molecular flexibility index (Phi) is 2.78. The summed E-state index contributed by atoms with van der Waals surface area (Å²) in [5, 5.41) is 0. The number of anilines is 1. The van der Waals surface area contributed by atoms with Crippen molar-refractivity contribution in [3.8, 4) is 5.88 Å². The number of nitrogens with zero attached hydrogens (tertiary/aromatic N) is 2. The van der Waals surface area contributed by atoms with E-state index in [-0.39, 0.29) is 6.10 Å². The van der Waals surface area contributed by atoms with Crippen LogP contribution in [0.2, 0.25) is 0 Å². The van der Waals surface area contributed by atoms with E-state index < -0.39 is 0 Å². The van der Waals surface area contributed by atoms with Crippen molar-refractivity contribution >= 4 is 5.82 Å². The lowest BCUT2D eigenvalue weighted by Crippen LogP contribution is -2.26. The monoisotopic (exact) mass is 195 g/mol. The number of hydrogen-bond donors (Lipinski definition) is 1. The number of nitrogens with two attached hydrogens (primary N) is 1. The third kappa shape index (κ3) is 2.32. The van der Waals surface area contributed by atoms with Crippen molar-refractivity contribution in [2.24, 2.45) is 0 Å². The van der Waals surface area contributed by atoms with Crippen molar-refractivity contribution in [3.05, 3.63) is 12.4 Å². The van der Waals surface area contributed by atoms with Crippen LogP contribution in [-0.4, -0.2) is 29.3 Å². The van der Waals surface area contributed by atoms with Crippen molar-refractivity contribution in [1.29, 1.82) is 0 Å². The van der Waals surface area contributed by atoms with Crippen molar-refractivity contribution in [1.82, 2.24) is 9.97 Å².